The Morgan fingerprint density at radius 3 is 2.60 bits per heavy atom. The maximum absolute atomic E-state index is 10.2. The summed E-state index contributed by atoms with van der Waals surface area (Å²) in [5.41, 5.74) is 1.16. The Balaban J connectivity index is 2.39. The Bertz CT molecular complexity index is 311. The number of benzene rings is 1. The summed E-state index contributed by atoms with van der Waals surface area (Å²) in [5, 5.41) is 10.7. The van der Waals surface area contributed by atoms with Crippen molar-refractivity contribution in [2.45, 2.75) is 18.2 Å². The fraction of sp³-hybridized carbons (Fsp3) is 0.364. The first-order valence-corrected chi connectivity index (χ1v) is 5.89. The van der Waals surface area contributed by atoms with Gasteiger partial charge in [0.1, 0.15) is 0 Å². The summed E-state index contributed by atoms with van der Waals surface area (Å²) in [6.45, 7) is 2.59. The van der Waals surface area contributed by atoms with E-state index in [1.165, 1.54) is 4.90 Å². The summed E-state index contributed by atoms with van der Waals surface area (Å²) in [6, 6.07) is 8.23. The van der Waals surface area contributed by atoms with Gasteiger partial charge in [0.2, 0.25) is 0 Å². The lowest BCUT2D eigenvalue weighted by Gasteiger charge is -2.03. The van der Waals surface area contributed by atoms with Gasteiger partial charge in [-0.2, -0.15) is 0 Å². The van der Waals surface area contributed by atoms with E-state index in [-0.39, 0.29) is 0 Å². The number of thioether (sulfide) groups is 1. The Morgan fingerprint density at radius 1 is 1.40 bits per heavy atom. The third-order valence-corrected chi connectivity index (χ3v) is 2.82. The van der Waals surface area contributed by atoms with Gasteiger partial charge in [0.15, 0.2) is 0 Å². The van der Waals surface area contributed by atoms with Crippen LogP contribution in [-0.2, 0) is 6.42 Å². The predicted molar refractivity (Wildman–Crippen MR) is 62.6 cm³/mol. The van der Waals surface area contributed by atoms with Crippen molar-refractivity contribution in [3.8, 4) is 0 Å². The number of hydrogen-bond acceptors (Lipinski definition) is 2. The summed E-state index contributed by atoms with van der Waals surface area (Å²) >= 11 is 1.80. The molecule has 3 nitrogen and oxygen atoms in total. The van der Waals surface area contributed by atoms with Crippen LogP contribution < -0.4 is 5.32 Å². The number of nitrogens with one attached hydrogen (secondary N) is 1. The summed E-state index contributed by atoms with van der Waals surface area (Å²) in [5.74, 6) is 1.07. The molecule has 82 valence electrons. The third-order valence-electron chi connectivity index (χ3n) is 1.92. The molecule has 1 aromatic carbocycles. The molecule has 0 aliphatic carbocycles. The molecule has 0 aliphatic heterocycles. The number of amides is 1. The summed E-state index contributed by atoms with van der Waals surface area (Å²) in [4.78, 5) is 11.5. The lowest BCUT2D eigenvalue weighted by atomic mass is 10.1. The largest absolute Gasteiger partial charge is 0.465 e. The third kappa shape index (κ3) is 4.74. The smallest absolute Gasteiger partial charge is 0.404 e. The van der Waals surface area contributed by atoms with Crippen LogP contribution in [0.3, 0.4) is 0 Å². The van der Waals surface area contributed by atoms with Gasteiger partial charge in [-0.3, -0.25) is 0 Å². The van der Waals surface area contributed by atoms with Crippen LogP contribution in [0.15, 0.2) is 29.2 Å². The zero-order valence-corrected chi connectivity index (χ0v) is 9.51. The van der Waals surface area contributed by atoms with Crippen molar-refractivity contribution >= 4 is 17.9 Å². The van der Waals surface area contributed by atoms with Gasteiger partial charge in [-0.25, -0.2) is 4.79 Å². The molecule has 0 radical (unpaired) electrons. The number of rotatable bonds is 5. The molecule has 0 aliphatic rings. The predicted octanol–water partition coefficient (Wildman–Crippen LogP) is 2.61. The Labute approximate surface area is 93.9 Å². The fourth-order valence-corrected chi connectivity index (χ4v) is 1.89. The molecule has 0 aromatic heterocycles. The van der Waals surface area contributed by atoms with Crippen molar-refractivity contribution in [3.63, 3.8) is 0 Å². The van der Waals surface area contributed by atoms with Crippen molar-refractivity contribution in [2.75, 3.05) is 12.3 Å². The molecular weight excluding hydrogens is 210 g/mol. The quantitative estimate of drug-likeness (QED) is 0.757. The molecule has 0 bridgehead atoms. The van der Waals surface area contributed by atoms with Gasteiger partial charge in [-0.05, 0) is 29.9 Å². The molecule has 0 atom stereocenters. The van der Waals surface area contributed by atoms with E-state index in [2.05, 4.69) is 24.4 Å². The van der Waals surface area contributed by atoms with Crippen molar-refractivity contribution < 1.29 is 9.90 Å². The van der Waals surface area contributed by atoms with Crippen LogP contribution in [0.1, 0.15) is 12.5 Å². The van der Waals surface area contributed by atoms with E-state index in [1.54, 1.807) is 11.8 Å². The summed E-state index contributed by atoms with van der Waals surface area (Å²) in [6.07, 6.45) is -0.225. The minimum Gasteiger partial charge on any atom is -0.465 e. The molecule has 0 spiro atoms. The maximum atomic E-state index is 10.2. The van der Waals surface area contributed by atoms with Gasteiger partial charge >= 0.3 is 6.09 Å². The van der Waals surface area contributed by atoms with Gasteiger partial charge in [0, 0.05) is 11.4 Å². The first kappa shape index (κ1) is 11.9. The lowest BCUT2D eigenvalue weighted by molar-refractivity contribution is 0.194. The van der Waals surface area contributed by atoms with E-state index in [1.807, 2.05) is 12.1 Å². The Hall–Kier alpha value is -1.16. The first-order chi connectivity index (χ1) is 7.22. The second-order valence-electron chi connectivity index (χ2n) is 3.06. The highest BCUT2D eigenvalue weighted by Crippen LogP contribution is 2.17. The van der Waals surface area contributed by atoms with Gasteiger partial charge in [-0.15, -0.1) is 11.8 Å². The van der Waals surface area contributed by atoms with E-state index >= 15 is 0 Å². The second-order valence-corrected chi connectivity index (χ2v) is 4.40. The molecule has 15 heavy (non-hydrogen) atoms. The van der Waals surface area contributed by atoms with Crippen LogP contribution >= 0.6 is 11.8 Å². The molecule has 0 heterocycles. The average Bonchev–Trinajstić information content (AvgIpc) is 2.20. The van der Waals surface area contributed by atoms with Crippen LogP contribution in [0.2, 0.25) is 0 Å². The molecule has 1 aromatic rings. The molecule has 1 rings (SSSR count). The standard InChI is InChI=1S/C11H15NO2S/c1-2-15-10-5-3-9(4-6-10)7-8-12-11(13)14/h3-6,12H,2,7-8H2,1H3,(H,13,14). The fourth-order valence-electron chi connectivity index (χ4n) is 1.23. The van der Waals surface area contributed by atoms with Gasteiger partial charge in [0.05, 0.1) is 0 Å². The topological polar surface area (TPSA) is 49.3 Å². The lowest BCUT2D eigenvalue weighted by Crippen LogP contribution is -2.23. The monoisotopic (exact) mass is 225 g/mol. The highest BCUT2D eigenvalue weighted by molar-refractivity contribution is 7.99. The normalized spacial score (nSPS) is 9.93. The first-order valence-electron chi connectivity index (χ1n) is 4.91. The van der Waals surface area contributed by atoms with Crippen LogP contribution in [-0.4, -0.2) is 23.5 Å². The molecule has 2 N–H and O–H groups in total. The minimum absolute atomic E-state index is 0.468. The van der Waals surface area contributed by atoms with E-state index in [9.17, 15) is 4.79 Å². The van der Waals surface area contributed by atoms with E-state index in [4.69, 9.17) is 5.11 Å². The Kier molecular flexibility index (Phi) is 5.04. The number of carbonyl (C=O) groups is 1. The molecule has 1 amide bonds. The van der Waals surface area contributed by atoms with Gasteiger partial charge < -0.3 is 10.4 Å². The van der Waals surface area contributed by atoms with Crippen molar-refractivity contribution in [3.05, 3.63) is 29.8 Å². The van der Waals surface area contributed by atoms with Gasteiger partial charge in [0.25, 0.3) is 0 Å². The highest BCUT2D eigenvalue weighted by atomic mass is 32.2. The van der Waals surface area contributed by atoms with Crippen LogP contribution in [0, 0.1) is 0 Å². The van der Waals surface area contributed by atoms with E-state index < -0.39 is 6.09 Å². The second kappa shape index (κ2) is 6.35. The zero-order valence-electron chi connectivity index (χ0n) is 8.69. The van der Waals surface area contributed by atoms with Crippen LogP contribution in [0.4, 0.5) is 4.79 Å². The zero-order chi connectivity index (χ0) is 11.1. The van der Waals surface area contributed by atoms with Crippen LogP contribution in [0.25, 0.3) is 0 Å². The molecular formula is C11H15NO2S. The number of hydrogen-bond donors (Lipinski definition) is 2. The highest BCUT2D eigenvalue weighted by Gasteiger charge is 1.96. The Morgan fingerprint density at radius 2 is 2.07 bits per heavy atom. The summed E-state index contributed by atoms with van der Waals surface area (Å²) < 4.78 is 0. The molecule has 0 fully saturated rings. The molecule has 0 unspecified atom stereocenters. The molecule has 4 heteroatoms. The van der Waals surface area contributed by atoms with E-state index in [0.717, 1.165) is 17.7 Å². The van der Waals surface area contributed by atoms with Crippen molar-refractivity contribution in [2.24, 2.45) is 0 Å². The number of carboxylic acid groups (broad SMARTS) is 1. The van der Waals surface area contributed by atoms with Crippen molar-refractivity contribution in [1.82, 2.24) is 5.32 Å². The van der Waals surface area contributed by atoms with Gasteiger partial charge in [-0.1, -0.05) is 19.1 Å². The maximum Gasteiger partial charge on any atom is 0.404 e. The SMILES string of the molecule is CCSc1ccc(CCNC(=O)O)cc1. The minimum atomic E-state index is -0.965. The van der Waals surface area contributed by atoms with E-state index in [0.29, 0.717) is 6.54 Å². The molecule has 0 saturated heterocycles. The summed E-state index contributed by atoms with van der Waals surface area (Å²) in [7, 11) is 0. The average molecular weight is 225 g/mol. The van der Waals surface area contributed by atoms with Crippen molar-refractivity contribution in [1.29, 1.82) is 0 Å². The molecule has 0 saturated carbocycles. The van der Waals surface area contributed by atoms with Crippen LogP contribution in [0.5, 0.6) is 0 Å².